The largest absolute Gasteiger partial charge is 0.464 e. The highest BCUT2D eigenvalue weighted by Gasteiger charge is 1.95. The van der Waals surface area contributed by atoms with E-state index in [9.17, 15) is 4.79 Å². The molecule has 0 radical (unpaired) electrons. The van der Waals surface area contributed by atoms with Gasteiger partial charge in [-0.3, -0.25) is 0 Å². The second-order valence-electron chi connectivity index (χ2n) is 1.46. The average molecular weight is 130 g/mol. The number of carbonyl (C=O) groups excluding carboxylic acids is 1. The third-order valence-electron chi connectivity index (χ3n) is 0.714. The molecule has 0 heterocycles. The normalized spacial score (nSPS) is 8.56. The lowest BCUT2D eigenvalue weighted by atomic mass is 10.5. The van der Waals surface area contributed by atoms with Crippen LogP contribution in [0.5, 0.6) is 0 Å². The summed E-state index contributed by atoms with van der Waals surface area (Å²) in [6.45, 7) is 3.19. The molecule has 0 aromatic heterocycles. The van der Waals surface area contributed by atoms with Gasteiger partial charge in [0.1, 0.15) is 6.61 Å². The SMILES string of the molecule is C=CCCOC(=O)CO. The van der Waals surface area contributed by atoms with Gasteiger partial charge in [0.15, 0.2) is 0 Å². The summed E-state index contributed by atoms with van der Waals surface area (Å²) < 4.78 is 4.47. The summed E-state index contributed by atoms with van der Waals surface area (Å²) in [5, 5.41) is 8.13. The number of hydrogen-bond donors (Lipinski definition) is 1. The van der Waals surface area contributed by atoms with Crippen LogP contribution in [0.15, 0.2) is 12.7 Å². The molecule has 9 heavy (non-hydrogen) atoms. The van der Waals surface area contributed by atoms with E-state index in [1.54, 1.807) is 6.08 Å². The van der Waals surface area contributed by atoms with Gasteiger partial charge >= 0.3 is 5.97 Å². The van der Waals surface area contributed by atoms with E-state index in [1.165, 1.54) is 0 Å². The maximum atomic E-state index is 10.2. The smallest absolute Gasteiger partial charge is 0.331 e. The van der Waals surface area contributed by atoms with E-state index >= 15 is 0 Å². The molecule has 0 aromatic rings. The van der Waals surface area contributed by atoms with Gasteiger partial charge in [0.25, 0.3) is 0 Å². The van der Waals surface area contributed by atoms with Gasteiger partial charge in [-0.2, -0.15) is 0 Å². The predicted octanol–water partition coefficient (Wildman–Crippen LogP) is 0.0980. The van der Waals surface area contributed by atoms with Crippen molar-refractivity contribution in [1.29, 1.82) is 0 Å². The second-order valence-corrected chi connectivity index (χ2v) is 1.46. The molecule has 0 saturated heterocycles. The fraction of sp³-hybridized carbons (Fsp3) is 0.500. The maximum absolute atomic E-state index is 10.2. The fourth-order valence-electron chi connectivity index (χ4n) is 0.302. The first kappa shape index (κ1) is 8.17. The molecule has 0 amide bonds. The van der Waals surface area contributed by atoms with E-state index in [-0.39, 0.29) is 0 Å². The monoisotopic (exact) mass is 130 g/mol. The Hall–Kier alpha value is -0.830. The number of carbonyl (C=O) groups is 1. The summed E-state index contributed by atoms with van der Waals surface area (Å²) in [6.07, 6.45) is 2.27. The van der Waals surface area contributed by atoms with E-state index in [0.29, 0.717) is 13.0 Å². The van der Waals surface area contributed by atoms with Crippen LogP contribution in [-0.4, -0.2) is 24.3 Å². The van der Waals surface area contributed by atoms with Gasteiger partial charge in [0, 0.05) is 0 Å². The van der Waals surface area contributed by atoms with Crippen molar-refractivity contribution in [3.8, 4) is 0 Å². The summed E-state index contributed by atoms with van der Waals surface area (Å²) in [5.41, 5.74) is 0. The first-order chi connectivity index (χ1) is 4.31. The minimum absolute atomic E-state index is 0.308. The van der Waals surface area contributed by atoms with Crippen LogP contribution >= 0.6 is 0 Å². The van der Waals surface area contributed by atoms with Crippen molar-refractivity contribution in [2.45, 2.75) is 6.42 Å². The number of esters is 1. The van der Waals surface area contributed by atoms with E-state index in [0.717, 1.165) is 0 Å². The fourth-order valence-corrected chi connectivity index (χ4v) is 0.302. The molecule has 52 valence electrons. The van der Waals surface area contributed by atoms with Crippen molar-refractivity contribution < 1.29 is 14.6 Å². The number of ether oxygens (including phenoxy) is 1. The molecule has 0 atom stereocenters. The topological polar surface area (TPSA) is 46.5 Å². The Morgan fingerprint density at radius 2 is 2.44 bits per heavy atom. The van der Waals surface area contributed by atoms with Gasteiger partial charge in [0.05, 0.1) is 6.61 Å². The molecule has 0 saturated carbocycles. The minimum Gasteiger partial charge on any atom is -0.464 e. The third kappa shape index (κ3) is 5.03. The molecule has 0 unspecified atom stereocenters. The Bertz CT molecular complexity index is 98.5. The van der Waals surface area contributed by atoms with Crippen LogP contribution in [-0.2, 0) is 9.53 Å². The molecule has 1 N–H and O–H groups in total. The Kier molecular flexibility index (Phi) is 4.82. The molecule has 0 fully saturated rings. The zero-order valence-electron chi connectivity index (χ0n) is 5.17. The highest BCUT2D eigenvalue weighted by atomic mass is 16.5. The first-order valence-corrected chi connectivity index (χ1v) is 2.68. The zero-order chi connectivity index (χ0) is 7.11. The highest BCUT2D eigenvalue weighted by Crippen LogP contribution is 1.82. The number of hydrogen-bond acceptors (Lipinski definition) is 3. The second kappa shape index (κ2) is 5.31. The number of rotatable bonds is 4. The van der Waals surface area contributed by atoms with Crippen LogP contribution in [0.2, 0.25) is 0 Å². The van der Waals surface area contributed by atoms with Crippen LogP contribution in [0.1, 0.15) is 6.42 Å². The Balaban J connectivity index is 3.06. The van der Waals surface area contributed by atoms with Crippen molar-refractivity contribution in [2.75, 3.05) is 13.2 Å². The van der Waals surface area contributed by atoms with Gasteiger partial charge in [-0.15, -0.1) is 6.58 Å². The van der Waals surface area contributed by atoms with E-state index in [4.69, 9.17) is 5.11 Å². The van der Waals surface area contributed by atoms with Crippen LogP contribution in [0.25, 0.3) is 0 Å². The van der Waals surface area contributed by atoms with Crippen molar-refractivity contribution in [3.63, 3.8) is 0 Å². The minimum atomic E-state index is -0.586. The molecule has 0 bridgehead atoms. The average Bonchev–Trinajstić information content (AvgIpc) is 1.89. The predicted molar refractivity (Wildman–Crippen MR) is 32.9 cm³/mol. The van der Waals surface area contributed by atoms with Crippen LogP contribution < -0.4 is 0 Å². The lowest BCUT2D eigenvalue weighted by Crippen LogP contribution is -2.09. The molecule has 0 aliphatic rings. The lowest BCUT2D eigenvalue weighted by molar-refractivity contribution is -0.146. The Morgan fingerprint density at radius 3 is 2.89 bits per heavy atom. The third-order valence-corrected chi connectivity index (χ3v) is 0.714. The molecule has 0 rings (SSSR count). The molecule has 0 aromatic carbocycles. The van der Waals surface area contributed by atoms with Crippen molar-refractivity contribution in [3.05, 3.63) is 12.7 Å². The van der Waals surface area contributed by atoms with Crippen LogP contribution in [0.3, 0.4) is 0 Å². The Labute approximate surface area is 53.9 Å². The first-order valence-electron chi connectivity index (χ1n) is 2.68. The van der Waals surface area contributed by atoms with Crippen molar-refractivity contribution >= 4 is 5.97 Å². The molecular weight excluding hydrogens is 120 g/mol. The van der Waals surface area contributed by atoms with Gasteiger partial charge in [-0.05, 0) is 6.42 Å². The van der Waals surface area contributed by atoms with E-state index < -0.39 is 12.6 Å². The lowest BCUT2D eigenvalue weighted by Gasteiger charge is -1.97. The van der Waals surface area contributed by atoms with Gasteiger partial charge in [-0.1, -0.05) is 6.08 Å². The Morgan fingerprint density at radius 1 is 1.78 bits per heavy atom. The van der Waals surface area contributed by atoms with Crippen LogP contribution in [0.4, 0.5) is 0 Å². The number of aliphatic hydroxyl groups excluding tert-OH is 1. The summed E-state index contributed by atoms with van der Waals surface area (Å²) in [6, 6.07) is 0. The summed E-state index contributed by atoms with van der Waals surface area (Å²) in [7, 11) is 0. The molecule has 3 heteroatoms. The zero-order valence-corrected chi connectivity index (χ0v) is 5.17. The quantitative estimate of drug-likeness (QED) is 0.333. The molecule has 0 spiro atoms. The summed E-state index contributed by atoms with van der Waals surface area (Å²) in [5.74, 6) is -0.586. The van der Waals surface area contributed by atoms with Crippen molar-refractivity contribution in [2.24, 2.45) is 0 Å². The highest BCUT2D eigenvalue weighted by molar-refractivity contribution is 5.70. The van der Waals surface area contributed by atoms with Gasteiger partial charge < -0.3 is 9.84 Å². The maximum Gasteiger partial charge on any atom is 0.331 e. The summed E-state index contributed by atoms with van der Waals surface area (Å²) in [4.78, 5) is 10.2. The molecule has 0 aliphatic carbocycles. The van der Waals surface area contributed by atoms with E-state index in [1.807, 2.05) is 0 Å². The molecule has 0 aliphatic heterocycles. The van der Waals surface area contributed by atoms with Gasteiger partial charge in [0.2, 0.25) is 0 Å². The molecule has 3 nitrogen and oxygen atoms in total. The van der Waals surface area contributed by atoms with Crippen molar-refractivity contribution in [1.82, 2.24) is 0 Å². The van der Waals surface area contributed by atoms with Gasteiger partial charge in [-0.25, -0.2) is 4.79 Å². The van der Waals surface area contributed by atoms with Crippen LogP contribution in [0, 0.1) is 0 Å². The summed E-state index contributed by atoms with van der Waals surface area (Å²) >= 11 is 0. The standard InChI is InChI=1S/C6H10O3/c1-2-3-4-9-6(8)5-7/h2,7H,1,3-5H2. The van der Waals surface area contributed by atoms with E-state index in [2.05, 4.69) is 11.3 Å². The number of aliphatic hydroxyl groups is 1. The molecular formula is C6H10O3.